The van der Waals surface area contributed by atoms with Crippen LogP contribution >= 0.6 is 0 Å². The minimum absolute atomic E-state index is 0.0556. The van der Waals surface area contributed by atoms with Crippen LogP contribution in [0.15, 0.2) is 66.9 Å². The number of ether oxygens (including phenoxy) is 3. The number of aromatic nitrogens is 2. The van der Waals surface area contributed by atoms with E-state index < -0.39 is 29.7 Å². The second kappa shape index (κ2) is 13.9. The molecule has 2 aliphatic heterocycles. The fourth-order valence-electron chi connectivity index (χ4n) is 5.77. The van der Waals surface area contributed by atoms with Crippen LogP contribution in [0.25, 0.3) is 11.3 Å². The van der Waals surface area contributed by atoms with Gasteiger partial charge in [0.1, 0.15) is 23.5 Å². The van der Waals surface area contributed by atoms with Gasteiger partial charge < -0.3 is 29.7 Å². The maximum atomic E-state index is 14.7. The average Bonchev–Trinajstić information content (AvgIpc) is 3.55. The Kier molecular flexibility index (Phi) is 9.32. The summed E-state index contributed by atoms with van der Waals surface area (Å²) >= 11 is 0. The van der Waals surface area contributed by atoms with Gasteiger partial charge in [0.05, 0.1) is 30.6 Å². The first-order valence-electron chi connectivity index (χ1n) is 15.2. The maximum absolute atomic E-state index is 14.7. The Bertz CT molecular complexity index is 1800. The first-order valence-corrected chi connectivity index (χ1v) is 15.2. The number of fused-ring (bicyclic) bond motifs is 5. The van der Waals surface area contributed by atoms with Gasteiger partial charge in [-0.05, 0) is 53.9 Å². The zero-order valence-electron chi connectivity index (χ0n) is 25.6. The number of benzene rings is 3. The molecule has 3 heterocycles. The van der Waals surface area contributed by atoms with E-state index in [2.05, 4.69) is 20.8 Å². The number of hydrogen-bond donors (Lipinski definition) is 3. The third-order valence-electron chi connectivity index (χ3n) is 8.10. The zero-order chi connectivity index (χ0) is 32.9. The van der Waals surface area contributed by atoms with E-state index in [1.165, 1.54) is 37.6 Å². The highest BCUT2D eigenvalue weighted by Gasteiger charge is 2.36. The number of carbonyl (C=O) groups is 3. The Balaban J connectivity index is 1.27. The number of aromatic amines is 1. The minimum Gasteiger partial charge on any atom is -0.493 e. The van der Waals surface area contributed by atoms with Gasteiger partial charge in [-0.1, -0.05) is 18.2 Å². The SMILES string of the molecule is COc1ccc2cc1OCC(=O)N[C@@H]1CN(C(=O)c3cn[nH]c3-c3cccc(F)c3)CC[C@H]1Oc1cc(F)cc(c1)CNC(=O)CC2. The van der Waals surface area contributed by atoms with Crippen molar-refractivity contribution in [3.8, 4) is 28.5 Å². The molecule has 4 aromatic rings. The summed E-state index contributed by atoms with van der Waals surface area (Å²) in [6.45, 7) is 0.0326. The molecule has 2 atom stereocenters. The molecule has 3 aromatic carbocycles. The molecule has 4 bridgehead atoms. The van der Waals surface area contributed by atoms with E-state index in [0.717, 1.165) is 5.56 Å². The van der Waals surface area contributed by atoms with Gasteiger partial charge in [-0.25, -0.2) is 8.78 Å². The van der Waals surface area contributed by atoms with Crippen LogP contribution in [0.1, 0.15) is 34.3 Å². The van der Waals surface area contributed by atoms with Crippen LogP contribution in [-0.2, 0) is 22.6 Å². The average molecular weight is 646 g/mol. The highest BCUT2D eigenvalue weighted by Crippen LogP contribution is 2.30. The second-order valence-electron chi connectivity index (χ2n) is 11.4. The maximum Gasteiger partial charge on any atom is 0.258 e. The summed E-state index contributed by atoms with van der Waals surface area (Å²) in [7, 11) is 1.49. The number of nitrogens with one attached hydrogen (secondary N) is 3. The lowest BCUT2D eigenvalue weighted by Crippen LogP contribution is -2.58. The molecule has 1 fully saturated rings. The topological polar surface area (TPSA) is 135 Å². The number of halogens is 2. The number of methoxy groups -OCH3 is 1. The van der Waals surface area contributed by atoms with Crippen LogP contribution in [0.4, 0.5) is 8.78 Å². The number of amides is 3. The van der Waals surface area contributed by atoms with E-state index in [9.17, 15) is 23.2 Å². The number of aryl methyl sites for hydroxylation is 1. The summed E-state index contributed by atoms with van der Waals surface area (Å²) in [6.07, 6.45) is 1.63. The van der Waals surface area contributed by atoms with Gasteiger partial charge in [-0.3, -0.25) is 19.5 Å². The van der Waals surface area contributed by atoms with Crippen molar-refractivity contribution in [3.63, 3.8) is 0 Å². The number of rotatable bonds is 3. The summed E-state index contributed by atoms with van der Waals surface area (Å²) in [5.74, 6) is -1.08. The predicted molar refractivity (Wildman–Crippen MR) is 166 cm³/mol. The molecule has 0 saturated carbocycles. The minimum atomic E-state index is -0.716. The lowest BCUT2D eigenvalue weighted by molar-refractivity contribution is -0.125. The normalized spacial score (nSPS) is 18.7. The molecular weight excluding hydrogens is 612 g/mol. The lowest BCUT2D eigenvalue weighted by Gasteiger charge is -2.39. The van der Waals surface area contributed by atoms with Gasteiger partial charge in [0, 0.05) is 44.1 Å². The van der Waals surface area contributed by atoms with Crippen molar-refractivity contribution >= 4 is 17.7 Å². The van der Waals surface area contributed by atoms with E-state index in [1.807, 2.05) is 6.07 Å². The van der Waals surface area contributed by atoms with Gasteiger partial charge in [-0.15, -0.1) is 0 Å². The predicted octanol–water partition coefficient (Wildman–Crippen LogP) is 3.78. The van der Waals surface area contributed by atoms with Crippen LogP contribution in [0.2, 0.25) is 0 Å². The standard InChI is InChI=1S/C34H33F2N5O6/c1-45-29-7-5-20-6-8-31(42)37-16-21-11-24(36)15-25(12-21)47-28-9-10-41(18-27(28)39-32(43)19-46-30(29)13-20)34(44)26-17-38-40-33(26)22-3-2-4-23(35)14-22/h2-5,7,11-15,17,27-28H,6,8-10,16,18-19H2,1H3,(H,37,42)(H,38,40)(H,39,43)/t27-,28-/m1/s1. The molecule has 0 aliphatic carbocycles. The van der Waals surface area contributed by atoms with Crippen molar-refractivity contribution in [2.24, 2.45) is 0 Å². The second-order valence-corrected chi connectivity index (χ2v) is 11.4. The van der Waals surface area contributed by atoms with Gasteiger partial charge in [-0.2, -0.15) is 5.10 Å². The Hall–Kier alpha value is -5.46. The molecule has 47 heavy (non-hydrogen) atoms. The molecule has 6 rings (SSSR count). The van der Waals surface area contributed by atoms with Gasteiger partial charge >= 0.3 is 0 Å². The Morgan fingerprint density at radius 2 is 1.87 bits per heavy atom. The van der Waals surface area contributed by atoms with Crippen molar-refractivity contribution in [3.05, 3.63) is 95.2 Å². The first kappa shape index (κ1) is 31.5. The molecule has 11 nitrogen and oxygen atoms in total. The quantitative estimate of drug-likeness (QED) is 0.309. The van der Waals surface area contributed by atoms with E-state index >= 15 is 0 Å². The van der Waals surface area contributed by atoms with E-state index in [1.54, 1.807) is 35.2 Å². The van der Waals surface area contributed by atoms with Crippen LogP contribution < -0.4 is 24.8 Å². The van der Waals surface area contributed by atoms with Crippen molar-refractivity contribution in [1.29, 1.82) is 0 Å². The Morgan fingerprint density at radius 3 is 2.70 bits per heavy atom. The van der Waals surface area contributed by atoms with Gasteiger partial charge in [0.15, 0.2) is 18.1 Å². The van der Waals surface area contributed by atoms with Crippen LogP contribution in [0.5, 0.6) is 17.2 Å². The van der Waals surface area contributed by atoms with E-state index in [-0.39, 0.29) is 55.8 Å². The number of nitrogens with zero attached hydrogens (tertiary/aromatic N) is 2. The highest BCUT2D eigenvalue weighted by molar-refractivity contribution is 5.99. The summed E-state index contributed by atoms with van der Waals surface area (Å²) in [5, 5.41) is 12.6. The van der Waals surface area contributed by atoms with Crippen LogP contribution in [0.3, 0.4) is 0 Å². The highest BCUT2D eigenvalue weighted by atomic mass is 19.1. The summed E-state index contributed by atoms with van der Waals surface area (Å²) < 4.78 is 46.1. The fraction of sp³-hybridized carbons (Fsp3) is 0.294. The van der Waals surface area contributed by atoms with E-state index in [0.29, 0.717) is 41.2 Å². The Morgan fingerprint density at radius 1 is 1.00 bits per heavy atom. The molecular formula is C34H33F2N5O6. The molecule has 2 aliphatic rings. The van der Waals surface area contributed by atoms with Crippen molar-refractivity contribution in [1.82, 2.24) is 25.7 Å². The zero-order valence-corrected chi connectivity index (χ0v) is 25.6. The molecule has 1 saturated heterocycles. The number of hydrogen-bond acceptors (Lipinski definition) is 7. The largest absolute Gasteiger partial charge is 0.493 e. The van der Waals surface area contributed by atoms with Gasteiger partial charge in [0.25, 0.3) is 11.8 Å². The number of carbonyl (C=O) groups excluding carboxylic acids is 3. The summed E-state index contributed by atoms with van der Waals surface area (Å²) in [5.41, 5.74) is 2.38. The third-order valence-corrected chi connectivity index (χ3v) is 8.10. The van der Waals surface area contributed by atoms with Crippen LogP contribution in [-0.4, -0.2) is 71.8 Å². The monoisotopic (exact) mass is 645 g/mol. The molecule has 3 N–H and O–H groups in total. The van der Waals surface area contributed by atoms with Crippen molar-refractivity contribution < 1.29 is 37.4 Å². The molecule has 244 valence electrons. The molecule has 13 heteroatoms. The number of H-pyrrole nitrogens is 1. The fourth-order valence-corrected chi connectivity index (χ4v) is 5.77. The molecule has 3 amide bonds. The van der Waals surface area contributed by atoms with Gasteiger partial charge in [0.2, 0.25) is 5.91 Å². The van der Waals surface area contributed by atoms with Crippen molar-refractivity contribution in [2.45, 2.75) is 38.0 Å². The lowest BCUT2D eigenvalue weighted by atomic mass is 9.99. The molecule has 0 unspecified atom stereocenters. The smallest absolute Gasteiger partial charge is 0.258 e. The molecule has 0 radical (unpaired) electrons. The molecule has 0 spiro atoms. The third kappa shape index (κ3) is 7.51. The number of likely N-dealkylation sites (tertiary alicyclic amines) is 1. The van der Waals surface area contributed by atoms with E-state index in [4.69, 9.17) is 14.2 Å². The van der Waals surface area contributed by atoms with Crippen LogP contribution in [0, 0.1) is 11.6 Å². The summed E-state index contributed by atoms with van der Waals surface area (Å²) in [4.78, 5) is 41.2. The summed E-state index contributed by atoms with van der Waals surface area (Å²) in [6, 6.07) is 14.5. The van der Waals surface area contributed by atoms with Crippen molar-refractivity contribution in [2.75, 3.05) is 26.8 Å². The number of piperidine rings is 1. The molecule has 1 aromatic heterocycles. The first-order chi connectivity index (χ1) is 22.7. The Labute approximate surface area is 269 Å².